The van der Waals surface area contributed by atoms with Gasteiger partial charge in [-0.1, -0.05) is 121 Å². The molecule has 0 unspecified atom stereocenters. The second-order valence-corrected chi connectivity index (χ2v) is 11.2. The molecule has 7 nitrogen and oxygen atoms in total. The van der Waals surface area contributed by atoms with Crippen molar-refractivity contribution in [3.05, 3.63) is 144 Å². The summed E-state index contributed by atoms with van der Waals surface area (Å²) in [6, 6.07) is 39.6. The number of hydrogen-bond donors (Lipinski definition) is 2. The van der Waals surface area contributed by atoms with Gasteiger partial charge in [-0.2, -0.15) is 0 Å². The highest BCUT2D eigenvalue weighted by Gasteiger charge is 2.51. The lowest BCUT2D eigenvalue weighted by molar-refractivity contribution is -0.291. The molecule has 1 aliphatic heterocycles. The Morgan fingerprint density at radius 2 is 0.932 bits per heavy atom. The average Bonchev–Trinajstić information content (AvgIpc) is 3.07. The number of benzene rings is 4. The second kappa shape index (κ2) is 16.6. The maximum Gasteiger partial charge on any atom is 0.116 e. The molecule has 4 aromatic carbocycles. The first-order valence-corrected chi connectivity index (χ1v) is 15.2. The first-order valence-electron chi connectivity index (χ1n) is 15.2. The molecule has 0 radical (unpaired) electrons. The van der Waals surface area contributed by atoms with Gasteiger partial charge in [0.2, 0.25) is 0 Å². The predicted octanol–water partition coefficient (Wildman–Crippen LogP) is 5.47. The predicted molar refractivity (Wildman–Crippen MR) is 168 cm³/mol. The van der Waals surface area contributed by atoms with E-state index in [4.69, 9.17) is 23.7 Å². The van der Waals surface area contributed by atoms with Crippen LogP contribution in [0.4, 0.5) is 0 Å². The van der Waals surface area contributed by atoms with E-state index >= 15 is 0 Å². The summed E-state index contributed by atoms with van der Waals surface area (Å²) in [4.78, 5) is 0. The Bertz CT molecular complexity index is 1340. The lowest BCUT2D eigenvalue weighted by Crippen LogP contribution is -2.64. The second-order valence-electron chi connectivity index (χ2n) is 11.2. The molecule has 1 heterocycles. The summed E-state index contributed by atoms with van der Waals surface area (Å²) < 4.78 is 32.5. The van der Waals surface area contributed by atoms with E-state index in [2.05, 4.69) is 0 Å². The van der Waals surface area contributed by atoms with E-state index < -0.39 is 42.7 Å². The minimum absolute atomic E-state index is 0.188. The third-order valence-electron chi connectivity index (χ3n) is 7.75. The van der Waals surface area contributed by atoms with Gasteiger partial charge in [-0.3, -0.25) is 0 Å². The van der Waals surface area contributed by atoms with Gasteiger partial charge in [0.1, 0.15) is 36.6 Å². The van der Waals surface area contributed by atoms with Gasteiger partial charge in [-0.05, 0) is 29.2 Å². The Kier molecular flexibility index (Phi) is 12.1. The first-order chi connectivity index (χ1) is 21.6. The molecular weight excluding hydrogens is 556 g/mol. The van der Waals surface area contributed by atoms with Gasteiger partial charge in [-0.25, -0.2) is 0 Å². The Morgan fingerprint density at radius 1 is 0.545 bits per heavy atom. The highest BCUT2D eigenvalue weighted by atomic mass is 16.6. The van der Waals surface area contributed by atoms with Gasteiger partial charge < -0.3 is 33.9 Å². The smallest absolute Gasteiger partial charge is 0.116 e. The molecule has 0 aromatic heterocycles. The van der Waals surface area contributed by atoms with Crippen molar-refractivity contribution in [2.45, 2.75) is 76.1 Å². The van der Waals surface area contributed by atoms with Crippen LogP contribution < -0.4 is 0 Å². The topological polar surface area (TPSA) is 86.6 Å². The molecule has 0 amide bonds. The molecule has 1 aliphatic rings. The summed E-state index contributed by atoms with van der Waals surface area (Å²) in [5.41, 5.74) is 4.00. The number of hydrogen-bond acceptors (Lipinski definition) is 7. The van der Waals surface area contributed by atoms with Crippen molar-refractivity contribution in [1.29, 1.82) is 0 Å². The van der Waals surface area contributed by atoms with Crippen LogP contribution >= 0.6 is 0 Å². The highest BCUT2D eigenvalue weighted by Crippen LogP contribution is 2.33. The lowest BCUT2D eigenvalue weighted by atomic mass is 9.90. The van der Waals surface area contributed by atoms with E-state index in [1.54, 1.807) is 6.92 Å². The fraction of sp³-hybridized carbons (Fsp3) is 0.351. The Morgan fingerprint density at radius 3 is 1.36 bits per heavy atom. The van der Waals surface area contributed by atoms with Crippen LogP contribution in [0.25, 0.3) is 0 Å². The van der Waals surface area contributed by atoms with Crippen LogP contribution in [0, 0.1) is 0 Å². The molecule has 1 fully saturated rings. The van der Waals surface area contributed by atoms with Gasteiger partial charge in [0.15, 0.2) is 0 Å². The van der Waals surface area contributed by atoms with E-state index in [1.165, 1.54) is 0 Å². The minimum Gasteiger partial charge on any atom is -0.391 e. The maximum atomic E-state index is 11.2. The number of rotatable bonds is 15. The quantitative estimate of drug-likeness (QED) is 0.188. The fourth-order valence-corrected chi connectivity index (χ4v) is 5.37. The zero-order valence-electron chi connectivity index (χ0n) is 25.1. The van der Waals surface area contributed by atoms with Gasteiger partial charge in [-0.15, -0.1) is 0 Å². The summed E-state index contributed by atoms with van der Waals surface area (Å²) in [5, 5.41) is 21.8. The monoisotopic (exact) mass is 598 g/mol. The van der Waals surface area contributed by atoms with Crippen molar-refractivity contribution in [1.82, 2.24) is 0 Å². The van der Waals surface area contributed by atoms with E-state index in [-0.39, 0.29) is 13.2 Å². The average molecular weight is 599 g/mol. The number of ether oxygens (including phenoxy) is 5. The summed E-state index contributed by atoms with van der Waals surface area (Å²) in [6.07, 6.45) is -5.82. The van der Waals surface area contributed by atoms with Crippen molar-refractivity contribution in [2.75, 3.05) is 6.61 Å². The van der Waals surface area contributed by atoms with Crippen molar-refractivity contribution in [2.24, 2.45) is 0 Å². The van der Waals surface area contributed by atoms with E-state index in [0.29, 0.717) is 19.8 Å². The summed E-state index contributed by atoms with van der Waals surface area (Å²) >= 11 is 0. The molecular formula is C37H42O7. The van der Waals surface area contributed by atoms with Crippen LogP contribution in [-0.2, 0) is 50.1 Å². The molecule has 44 heavy (non-hydrogen) atoms. The van der Waals surface area contributed by atoms with Crippen LogP contribution in [-0.4, -0.2) is 59.5 Å². The Hall–Kier alpha value is -3.40. The van der Waals surface area contributed by atoms with Crippen molar-refractivity contribution >= 4 is 0 Å². The molecule has 7 heteroatoms. The molecule has 0 bridgehead atoms. The van der Waals surface area contributed by atoms with Crippen LogP contribution in [0.1, 0.15) is 29.2 Å². The fourth-order valence-electron chi connectivity index (χ4n) is 5.37. The van der Waals surface area contributed by atoms with Crippen LogP contribution in [0.15, 0.2) is 121 Å². The largest absolute Gasteiger partial charge is 0.391 e. The van der Waals surface area contributed by atoms with Crippen LogP contribution in [0.5, 0.6) is 0 Å². The standard InChI is InChI=1S/C37H42O7/c1-27(38)33(39)35-37(43-25-31-20-12-5-13-21-31)36(42-24-30-18-10-4-11-19-30)34(41-23-29-16-8-3-9-17-29)32(44-35)26-40-22-28-14-6-2-7-15-28/h2-21,27,32-39H,22-26H2,1H3/t27-,32-,33+,34-,35-,36+,37-/m1/s1. The Balaban J connectivity index is 1.45. The molecule has 1 saturated heterocycles. The molecule has 0 saturated carbocycles. The Labute approximate surface area is 259 Å². The normalized spacial score (nSPS) is 23.2. The van der Waals surface area contributed by atoms with Crippen molar-refractivity contribution in [3.63, 3.8) is 0 Å². The zero-order valence-corrected chi connectivity index (χ0v) is 25.1. The number of aliphatic hydroxyl groups is 2. The molecule has 4 aromatic rings. The SMILES string of the molecule is C[C@@H](O)[C@H](O)[C@H]1O[C@H](COCc2ccccc2)[C@@H](OCc2ccccc2)[C@H](OCc2ccccc2)[C@@H]1OCc1ccccc1. The van der Waals surface area contributed by atoms with Gasteiger partial charge >= 0.3 is 0 Å². The van der Waals surface area contributed by atoms with Crippen molar-refractivity contribution in [3.8, 4) is 0 Å². The molecule has 5 rings (SSSR count). The third-order valence-corrected chi connectivity index (χ3v) is 7.75. The van der Waals surface area contributed by atoms with Crippen LogP contribution in [0.2, 0.25) is 0 Å². The molecule has 232 valence electrons. The maximum absolute atomic E-state index is 11.2. The van der Waals surface area contributed by atoms with E-state index in [9.17, 15) is 10.2 Å². The minimum atomic E-state index is -1.23. The van der Waals surface area contributed by atoms with E-state index in [0.717, 1.165) is 22.3 Å². The zero-order chi connectivity index (χ0) is 30.6. The third kappa shape index (κ3) is 9.06. The van der Waals surface area contributed by atoms with E-state index in [1.807, 2.05) is 121 Å². The highest BCUT2D eigenvalue weighted by molar-refractivity contribution is 5.16. The van der Waals surface area contributed by atoms with Crippen molar-refractivity contribution < 1.29 is 33.9 Å². The molecule has 0 spiro atoms. The molecule has 2 N–H and O–H groups in total. The summed E-state index contributed by atoms with van der Waals surface area (Å²) in [7, 11) is 0. The summed E-state index contributed by atoms with van der Waals surface area (Å²) in [6.45, 7) is 3.01. The summed E-state index contributed by atoms with van der Waals surface area (Å²) in [5.74, 6) is 0. The first kappa shape index (κ1) is 32.0. The lowest BCUT2D eigenvalue weighted by Gasteiger charge is -2.48. The van der Waals surface area contributed by atoms with Crippen LogP contribution in [0.3, 0.4) is 0 Å². The molecule has 0 aliphatic carbocycles. The number of aliphatic hydroxyl groups excluding tert-OH is 2. The van der Waals surface area contributed by atoms with Gasteiger partial charge in [0.05, 0.1) is 39.1 Å². The van der Waals surface area contributed by atoms with Gasteiger partial charge in [0.25, 0.3) is 0 Å². The van der Waals surface area contributed by atoms with Gasteiger partial charge in [0, 0.05) is 0 Å². The molecule has 7 atom stereocenters.